The van der Waals surface area contributed by atoms with E-state index in [1.54, 1.807) is 4.68 Å². The molecule has 1 aliphatic heterocycles. The largest absolute Gasteiger partial charge is 0.354 e. The van der Waals surface area contributed by atoms with E-state index >= 15 is 0 Å². The molecule has 0 amide bonds. The zero-order chi connectivity index (χ0) is 14.4. The van der Waals surface area contributed by atoms with Crippen LogP contribution in [0.4, 0.5) is 14.7 Å². The summed E-state index contributed by atoms with van der Waals surface area (Å²) in [5.41, 5.74) is 0.476. The lowest BCUT2D eigenvalue weighted by molar-refractivity contribution is 0.392. The van der Waals surface area contributed by atoms with E-state index in [9.17, 15) is 8.78 Å². The zero-order valence-electron chi connectivity index (χ0n) is 11.5. The molecule has 1 fully saturated rings. The van der Waals surface area contributed by atoms with Crippen molar-refractivity contribution in [1.29, 1.82) is 0 Å². The molecule has 110 valence electrons. The predicted molar refractivity (Wildman–Crippen MR) is 74.2 cm³/mol. The van der Waals surface area contributed by atoms with Crippen molar-refractivity contribution in [3.8, 4) is 0 Å². The van der Waals surface area contributed by atoms with Gasteiger partial charge in [0, 0.05) is 24.1 Å². The first-order valence-corrected chi connectivity index (χ1v) is 7.37. The standard InChI is InChI=1S/C15H16F2N4/c16-10-4-5-11(12(17)8-10)13-6-7-18-15-19-14(20-21(13)15)9-2-1-3-9/h4-5,8-9,13H,1-3,6-7H2,(H,18,19,20). The normalized spacial score (nSPS) is 21.5. The molecule has 1 aromatic heterocycles. The molecule has 21 heavy (non-hydrogen) atoms. The molecule has 4 rings (SSSR count). The SMILES string of the molecule is Fc1ccc(C2CCNc3nc(C4CCC4)nn32)c(F)c1. The summed E-state index contributed by atoms with van der Waals surface area (Å²) in [5, 5.41) is 7.79. The maximum Gasteiger partial charge on any atom is 0.221 e. The summed E-state index contributed by atoms with van der Waals surface area (Å²) in [4.78, 5) is 4.54. The van der Waals surface area contributed by atoms with Crippen molar-refractivity contribution in [3.05, 3.63) is 41.2 Å². The van der Waals surface area contributed by atoms with E-state index in [2.05, 4.69) is 15.4 Å². The Morgan fingerprint density at radius 3 is 2.76 bits per heavy atom. The monoisotopic (exact) mass is 290 g/mol. The van der Waals surface area contributed by atoms with Gasteiger partial charge in [0.1, 0.15) is 11.6 Å². The van der Waals surface area contributed by atoms with Gasteiger partial charge in [-0.2, -0.15) is 10.1 Å². The third-order valence-corrected chi connectivity index (χ3v) is 4.44. The Bertz CT molecular complexity index is 678. The first kappa shape index (κ1) is 12.7. The number of aromatic nitrogens is 3. The second kappa shape index (κ2) is 4.79. The van der Waals surface area contributed by atoms with Gasteiger partial charge in [-0.05, 0) is 25.3 Å². The van der Waals surface area contributed by atoms with Crippen LogP contribution in [0.5, 0.6) is 0 Å². The average molecular weight is 290 g/mol. The molecule has 2 aliphatic rings. The summed E-state index contributed by atoms with van der Waals surface area (Å²) in [6.45, 7) is 0.713. The minimum Gasteiger partial charge on any atom is -0.354 e. The molecule has 2 aromatic rings. The van der Waals surface area contributed by atoms with Crippen LogP contribution in [0.1, 0.15) is 49.0 Å². The first-order chi connectivity index (χ1) is 10.2. The quantitative estimate of drug-likeness (QED) is 0.923. The summed E-state index contributed by atoms with van der Waals surface area (Å²) >= 11 is 0. The van der Waals surface area contributed by atoms with Crippen molar-refractivity contribution in [2.24, 2.45) is 0 Å². The highest BCUT2D eigenvalue weighted by molar-refractivity contribution is 5.34. The molecule has 2 heterocycles. The van der Waals surface area contributed by atoms with Crippen LogP contribution in [0.3, 0.4) is 0 Å². The minimum absolute atomic E-state index is 0.219. The summed E-state index contributed by atoms with van der Waals surface area (Å²) < 4.78 is 28.9. The fourth-order valence-corrected chi connectivity index (χ4v) is 3.02. The Kier molecular flexibility index (Phi) is 2.90. The van der Waals surface area contributed by atoms with E-state index in [1.165, 1.54) is 18.6 Å². The van der Waals surface area contributed by atoms with Crippen molar-refractivity contribution in [1.82, 2.24) is 14.8 Å². The number of benzene rings is 1. The van der Waals surface area contributed by atoms with Crippen LogP contribution in [-0.2, 0) is 0 Å². The lowest BCUT2D eigenvalue weighted by Crippen LogP contribution is -2.25. The Hall–Kier alpha value is -1.98. The highest BCUT2D eigenvalue weighted by Gasteiger charge is 2.30. The topological polar surface area (TPSA) is 42.7 Å². The van der Waals surface area contributed by atoms with Gasteiger partial charge in [-0.1, -0.05) is 12.5 Å². The predicted octanol–water partition coefficient (Wildman–Crippen LogP) is 3.23. The van der Waals surface area contributed by atoms with Crippen LogP contribution in [0.25, 0.3) is 0 Å². The maximum absolute atomic E-state index is 14.0. The molecule has 0 bridgehead atoms. The third-order valence-electron chi connectivity index (χ3n) is 4.44. The molecule has 1 saturated carbocycles. The number of rotatable bonds is 2. The maximum atomic E-state index is 14.0. The van der Waals surface area contributed by atoms with Crippen molar-refractivity contribution >= 4 is 5.95 Å². The summed E-state index contributed by atoms with van der Waals surface area (Å²) in [6.07, 6.45) is 4.18. The van der Waals surface area contributed by atoms with Crippen LogP contribution in [0, 0.1) is 11.6 Å². The van der Waals surface area contributed by atoms with E-state index in [1.807, 2.05) is 0 Å². The molecule has 0 spiro atoms. The molecular formula is C15H16F2N4. The number of hydrogen-bond acceptors (Lipinski definition) is 3. The first-order valence-electron chi connectivity index (χ1n) is 7.37. The number of hydrogen-bond donors (Lipinski definition) is 1. The summed E-state index contributed by atoms with van der Waals surface area (Å²) in [7, 11) is 0. The number of halogens is 2. The molecule has 0 radical (unpaired) electrons. The third kappa shape index (κ3) is 2.09. The van der Waals surface area contributed by atoms with Gasteiger partial charge >= 0.3 is 0 Å². The molecule has 4 nitrogen and oxygen atoms in total. The van der Waals surface area contributed by atoms with Crippen LogP contribution in [0.15, 0.2) is 18.2 Å². The lowest BCUT2D eigenvalue weighted by Gasteiger charge is -2.25. The molecular weight excluding hydrogens is 274 g/mol. The second-order valence-corrected chi connectivity index (χ2v) is 5.76. The van der Waals surface area contributed by atoms with Crippen molar-refractivity contribution < 1.29 is 8.78 Å². The van der Waals surface area contributed by atoms with Gasteiger partial charge in [0.25, 0.3) is 0 Å². The van der Waals surface area contributed by atoms with Gasteiger partial charge in [0.2, 0.25) is 5.95 Å². The second-order valence-electron chi connectivity index (χ2n) is 5.76. The highest BCUT2D eigenvalue weighted by atomic mass is 19.1. The number of nitrogens with zero attached hydrogens (tertiary/aromatic N) is 3. The average Bonchev–Trinajstić information content (AvgIpc) is 2.80. The molecule has 1 unspecified atom stereocenters. The Morgan fingerprint density at radius 2 is 2.05 bits per heavy atom. The number of nitrogens with one attached hydrogen (secondary N) is 1. The van der Waals surface area contributed by atoms with Gasteiger partial charge < -0.3 is 5.32 Å². The Balaban J connectivity index is 1.73. The van der Waals surface area contributed by atoms with Crippen molar-refractivity contribution in [3.63, 3.8) is 0 Å². The van der Waals surface area contributed by atoms with E-state index in [0.29, 0.717) is 30.4 Å². The van der Waals surface area contributed by atoms with E-state index in [0.717, 1.165) is 24.7 Å². The van der Waals surface area contributed by atoms with Gasteiger partial charge in [-0.25, -0.2) is 13.5 Å². The smallest absolute Gasteiger partial charge is 0.221 e. The van der Waals surface area contributed by atoms with Crippen LogP contribution in [0.2, 0.25) is 0 Å². The van der Waals surface area contributed by atoms with Gasteiger partial charge in [-0.15, -0.1) is 0 Å². The van der Waals surface area contributed by atoms with Crippen LogP contribution in [-0.4, -0.2) is 21.3 Å². The van der Waals surface area contributed by atoms with E-state index in [-0.39, 0.29) is 6.04 Å². The van der Waals surface area contributed by atoms with Gasteiger partial charge in [0.15, 0.2) is 5.82 Å². The van der Waals surface area contributed by atoms with Crippen LogP contribution < -0.4 is 5.32 Å². The highest BCUT2D eigenvalue weighted by Crippen LogP contribution is 2.37. The number of fused-ring (bicyclic) bond motifs is 1. The van der Waals surface area contributed by atoms with Crippen molar-refractivity contribution in [2.45, 2.75) is 37.6 Å². The van der Waals surface area contributed by atoms with E-state index < -0.39 is 11.6 Å². The summed E-state index contributed by atoms with van der Waals surface area (Å²) in [6, 6.07) is 3.52. The fraction of sp³-hybridized carbons (Fsp3) is 0.467. The molecule has 0 saturated heterocycles. The molecule has 1 N–H and O–H groups in total. The minimum atomic E-state index is -0.556. The van der Waals surface area contributed by atoms with Gasteiger partial charge in [-0.3, -0.25) is 0 Å². The fourth-order valence-electron chi connectivity index (χ4n) is 3.02. The molecule has 1 atom stereocenters. The Morgan fingerprint density at radius 1 is 1.19 bits per heavy atom. The lowest BCUT2D eigenvalue weighted by atomic mass is 9.85. The molecule has 6 heteroatoms. The molecule has 1 aliphatic carbocycles. The van der Waals surface area contributed by atoms with Crippen molar-refractivity contribution in [2.75, 3.05) is 11.9 Å². The van der Waals surface area contributed by atoms with Gasteiger partial charge in [0.05, 0.1) is 6.04 Å². The van der Waals surface area contributed by atoms with E-state index in [4.69, 9.17) is 0 Å². The Labute approximate surface area is 121 Å². The van der Waals surface area contributed by atoms with Crippen LogP contribution >= 0.6 is 0 Å². The zero-order valence-corrected chi connectivity index (χ0v) is 11.5. The summed E-state index contributed by atoms with van der Waals surface area (Å²) in [5.74, 6) is 0.895. The molecule has 1 aromatic carbocycles. The number of anilines is 1.